The Balaban J connectivity index is 2.11. The van der Waals surface area contributed by atoms with Crippen LogP contribution in [0.1, 0.15) is 18.4 Å². The smallest absolute Gasteiger partial charge is 0.299 e. The first-order chi connectivity index (χ1) is 12.0. The van der Waals surface area contributed by atoms with Crippen molar-refractivity contribution in [1.82, 2.24) is 14.9 Å². The lowest BCUT2D eigenvalue weighted by Crippen LogP contribution is -2.43. The fraction of sp³-hybridized carbons (Fsp3) is 0.308. The van der Waals surface area contributed by atoms with Crippen molar-refractivity contribution >= 4 is 48.3 Å². The lowest BCUT2D eigenvalue weighted by Gasteiger charge is -2.16. The number of sulfonamides is 1. The van der Waals surface area contributed by atoms with Crippen LogP contribution >= 0.6 is 27.3 Å². The summed E-state index contributed by atoms with van der Waals surface area (Å²) in [7, 11) is -3.99. The van der Waals surface area contributed by atoms with E-state index in [2.05, 4.69) is 36.2 Å². The SMILES string of the molecule is CCC(NS(=O)(=O)c1ccc(Br)cc1)C(=O)Nc1nnc(C(F)(F)F)s1. The molecule has 0 saturated heterocycles. The molecule has 1 aromatic heterocycles. The van der Waals surface area contributed by atoms with Crippen LogP contribution < -0.4 is 10.0 Å². The van der Waals surface area contributed by atoms with E-state index in [1.165, 1.54) is 24.3 Å². The third kappa shape index (κ3) is 5.22. The number of halogens is 4. The Morgan fingerprint density at radius 2 is 1.88 bits per heavy atom. The number of amides is 1. The number of nitrogens with zero attached hydrogens (tertiary/aromatic N) is 2. The summed E-state index contributed by atoms with van der Waals surface area (Å²) >= 11 is 3.33. The zero-order valence-electron chi connectivity index (χ0n) is 13.0. The van der Waals surface area contributed by atoms with Gasteiger partial charge in [0, 0.05) is 4.47 Å². The average Bonchev–Trinajstić information content (AvgIpc) is 3.01. The zero-order valence-corrected chi connectivity index (χ0v) is 16.3. The second-order valence-corrected chi connectivity index (χ2v) is 8.54. The van der Waals surface area contributed by atoms with Gasteiger partial charge in [-0.15, -0.1) is 10.2 Å². The van der Waals surface area contributed by atoms with Gasteiger partial charge >= 0.3 is 6.18 Å². The molecule has 142 valence electrons. The topological polar surface area (TPSA) is 101 Å². The molecule has 2 aromatic rings. The Kier molecular flexibility index (Phi) is 6.37. The number of rotatable bonds is 6. The maximum atomic E-state index is 12.5. The Labute approximate surface area is 159 Å². The van der Waals surface area contributed by atoms with E-state index in [-0.39, 0.29) is 27.8 Å². The van der Waals surface area contributed by atoms with Gasteiger partial charge in [0.05, 0.1) is 4.90 Å². The second kappa shape index (κ2) is 7.98. The van der Waals surface area contributed by atoms with Crippen molar-refractivity contribution < 1.29 is 26.4 Å². The fourth-order valence-electron chi connectivity index (χ4n) is 1.77. The van der Waals surface area contributed by atoms with Gasteiger partial charge in [0.1, 0.15) is 6.04 Å². The molecule has 1 aromatic carbocycles. The van der Waals surface area contributed by atoms with E-state index in [9.17, 15) is 26.4 Å². The van der Waals surface area contributed by atoms with Gasteiger partial charge in [-0.05, 0) is 30.7 Å². The van der Waals surface area contributed by atoms with Crippen LogP contribution in [-0.4, -0.2) is 30.6 Å². The Hall–Kier alpha value is -1.57. The summed E-state index contributed by atoms with van der Waals surface area (Å²) in [6, 6.07) is 4.54. The largest absolute Gasteiger partial charge is 0.445 e. The van der Waals surface area contributed by atoms with Gasteiger partial charge in [0.2, 0.25) is 26.1 Å². The van der Waals surface area contributed by atoms with E-state index in [1.807, 2.05) is 0 Å². The normalized spacial score (nSPS) is 13.4. The van der Waals surface area contributed by atoms with Gasteiger partial charge in [0.15, 0.2) is 0 Å². The maximum Gasteiger partial charge on any atom is 0.445 e. The predicted octanol–water partition coefficient (Wildman–Crippen LogP) is 3.02. The molecule has 0 saturated carbocycles. The van der Waals surface area contributed by atoms with Gasteiger partial charge in [-0.1, -0.05) is 34.2 Å². The maximum absolute atomic E-state index is 12.5. The van der Waals surface area contributed by atoms with Crippen LogP contribution in [0, 0.1) is 0 Å². The summed E-state index contributed by atoms with van der Waals surface area (Å²) < 4.78 is 65.0. The third-order valence-corrected chi connectivity index (χ3v) is 5.94. The Morgan fingerprint density at radius 3 is 2.38 bits per heavy atom. The van der Waals surface area contributed by atoms with Gasteiger partial charge in [-0.2, -0.15) is 17.9 Å². The molecule has 7 nitrogen and oxygen atoms in total. The van der Waals surface area contributed by atoms with Crippen LogP contribution in [-0.2, 0) is 21.0 Å². The standard InChI is InChI=1S/C13H12BrF3N4O3S2/c1-2-9(21-26(23,24)8-5-3-7(14)4-6-8)10(22)18-12-20-19-11(25-12)13(15,16)17/h3-6,9,21H,2H2,1H3,(H,18,20,22). The highest BCUT2D eigenvalue weighted by Crippen LogP contribution is 2.33. The number of aromatic nitrogens is 2. The van der Waals surface area contributed by atoms with Crippen LogP contribution in [0.4, 0.5) is 18.3 Å². The monoisotopic (exact) mass is 472 g/mol. The molecule has 0 aliphatic rings. The predicted molar refractivity (Wildman–Crippen MR) is 92.1 cm³/mol. The quantitative estimate of drug-likeness (QED) is 0.672. The highest BCUT2D eigenvalue weighted by Gasteiger charge is 2.36. The number of alkyl halides is 3. The number of carbonyl (C=O) groups excluding carboxylic acids is 1. The fourth-order valence-corrected chi connectivity index (χ4v) is 3.93. The summed E-state index contributed by atoms with van der Waals surface area (Å²) in [4.78, 5) is 12.1. The summed E-state index contributed by atoms with van der Waals surface area (Å²) in [5.74, 6) is -0.835. The third-order valence-electron chi connectivity index (χ3n) is 3.04. The van der Waals surface area contributed by atoms with Crippen LogP contribution in [0.5, 0.6) is 0 Å². The van der Waals surface area contributed by atoms with Gasteiger partial charge in [-0.3, -0.25) is 10.1 Å². The van der Waals surface area contributed by atoms with Crippen molar-refractivity contribution in [3.8, 4) is 0 Å². The minimum Gasteiger partial charge on any atom is -0.299 e. The van der Waals surface area contributed by atoms with Crippen molar-refractivity contribution in [2.75, 3.05) is 5.32 Å². The molecule has 13 heteroatoms. The molecule has 0 spiro atoms. The summed E-state index contributed by atoms with van der Waals surface area (Å²) in [6.45, 7) is 1.55. The number of anilines is 1. The summed E-state index contributed by atoms with van der Waals surface area (Å²) in [5.41, 5.74) is 0. The number of hydrogen-bond acceptors (Lipinski definition) is 6. The molecule has 1 atom stereocenters. The molecule has 1 amide bonds. The number of benzene rings is 1. The second-order valence-electron chi connectivity index (χ2n) is 4.94. The number of nitrogens with one attached hydrogen (secondary N) is 2. The molecule has 2 rings (SSSR count). The van der Waals surface area contributed by atoms with E-state index in [4.69, 9.17) is 0 Å². The molecule has 1 unspecified atom stereocenters. The van der Waals surface area contributed by atoms with Crippen molar-refractivity contribution in [2.45, 2.75) is 30.5 Å². The van der Waals surface area contributed by atoms with Crippen molar-refractivity contribution in [1.29, 1.82) is 0 Å². The highest BCUT2D eigenvalue weighted by atomic mass is 79.9. The van der Waals surface area contributed by atoms with Gasteiger partial charge in [-0.25, -0.2) is 8.42 Å². The van der Waals surface area contributed by atoms with Gasteiger partial charge in [0.25, 0.3) is 0 Å². The molecule has 1 heterocycles. The minimum atomic E-state index is -4.67. The lowest BCUT2D eigenvalue weighted by molar-refractivity contribution is -0.138. The molecular weight excluding hydrogens is 461 g/mol. The molecule has 0 bridgehead atoms. The molecule has 0 fully saturated rings. The number of hydrogen-bond donors (Lipinski definition) is 2. The number of carbonyl (C=O) groups is 1. The highest BCUT2D eigenvalue weighted by molar-refractivity contribution is 9.10. The first-order valence-electron chi connectivity index (χ1n) is 7.02. The zero-order chi connectivity index (χ0) is 19.5. The van der Waals surface area contributed by atoms with Crippen LogP contribution in [0.25, 0.3) is 0 Å². The average molecular weight is 473 g/mol. The summed E-state index contributed by atoms with van der Waals surface area (Å²) in [5, 5.41) is 6.74. The van der Waals surface area contributed by atoms with E-state index in [0.29, 0.717) is 4.47 Å². The van der Waals surface area contributed by atoms with E-state index in [0.717, 1.165) is 0 Å². The Bertz CT molecular complexity index is 885. The van der Waals surface area contributed by atoms with E-state index < -0.39 is 33.2 Å². The van der Waals surface area contributed by atoms with Crippen molar-refractivity contribution in [3.63, 3.8) is 0 Å². The van der Waals surface area contributed by atoms with Gasteiger partial charge < -0.3 is 0 Å². The van der Waals surface area contributed by atoms with E-state index in [1.54, 1.807) is 6.92 Å². The van der Waals surface area contributed by atoms with Crippen LogP contribution in [0.2, 0.25) is 0 Å². The molecule has 0 radical (unpaired) electrons. The minimum absolute atomic E-state index is 0.0535. The molecule has 2 N–H and O–H groups in total. The molecular formula is C13H12BrF3N4O3S2. The lowest BCUT2D eigenvalue weighted by atomic mass is 10.2. The first-order valence-corrected chi connectivity index (χ1v) is 10.1. The Morgan fingerprint density at radius 1 is 1.27 bits per heavy atom. The molecule has 26 heavy (non-hydrogen) atoms. The van der Waals surface area contributed by atoms with Crippen LogP contribution in [0.3, 0.4) is 0 Å². The van der Waals surface area contributed by atoms with Crippen molar-refractivity contribution in [2.24, 2.45) is 0 Å². The molecule has 0 aliphatic heterocycles. The molecule has 0 aliphatic carbocycles. The van der Waals surface area contributed by atoms with Crippen LogP contribution in [0.15, 0.2) is 33.6 Å². The van der Waals surface area contributed by atoms with E-state index >= 15 is 0 Å². The first kappa shape index (κ1) is 20.7. The summed E-state index contributed by atoms with van der Waals surface area (Å²) in [6.07, 6.45) is -4.60. The van der Waals surface area contributed by atoms with Crippen molar-refractivity contribution in [3.05, 3.63) is 33.7 Å².